The van der Waals surface area contributed by atoms with Gasteiger partial charge in [0.2, 0.25) is 0 Å². The molecule has 3 heteroatoms. The van der Waals surface area contributed by atoms with E-state index in [9.17, 15) is 0 Å². The normalized spacial score (nSPS) is 14.5. The molecule has 2 rings (SSSR count). The first-order valence-corrected chi connectivity index (χ1v) is 5.31. The van der Waals surface area contributed by atoms with Crippen LogP contribution in [0.4, 0.5) is 0 Å². The summed E-state index contributed by atoms with van der Waals surface area (Å²) in [7, 11) is 0. The molecule has 84 valence electrons. The van der Waals surface area contributed by atoms with Crippen molar-refractivity contribution in [2.75, 3.05) is 6.61 Å². The van der Waals surface area contributed by atoms with Gasteiger partial charge >= 0.3 is 0 Å². The van der Waals surface area contributed by atoms with E-state index in [0.717, 1.165) is 23.8 Å². The van der Waals surface area contributed by atoms with Crippen LogP contribution in [0.15, 0.2) is 18.2 Å². The number of para-hydroxylation sites is 1. The molecule has 2 nitrogen and oxygen atoms in total. The van der Waals surface area contributed by atoms with Gasteiger partial charge in [-0.15, -0.1) is 12.4 Å². The SMILES string of the molecule is CCOc1c(CN)cccc1C1CC1.Cl. The Morgan fingerprint density at radius 1 is 1.40 bits per heavy atom. The third-order valence-electron chi connectivity index (χ3n) is 2.65. The molecule has 0 aliphatic heterocycles. The van der Waals surface area contributed by atoms with Crippen LogP contribution >= 0.6 is 12.4 Å². The summed E-state index contributed by atoms with van der Waals surface area (Å²) in [5.41, 5.74) is 8.18. The van der Waals surface area contributed by atoms with Gasteiger partial charge in [0.1, 0.15) is 5.75 Å². The topological polar surface area (TPSA) is 35.2 Å². The third kappa shape index (κ3) is 2.64. The molecular weight excluding hydrogens is 210 g/mol. The maximum atomic E-state index is 5.69. The van der Waals surface area contributed by atoms with E-state index in [4.69, 9.17) is 10.5 Å². The predicted octanol–water partition coefficient (Wildman–Crippen LogP) is 2.84. The molecule has 0 radical (unpaired) electrons. The molecule has 1 saturated carbocycles. The van der Waals surface area contributed by atoms with Gasteiger partial charge in [-0.25, -0.2) is 0 Å². The molecule has 15 heavy (non-hydrogen) atoms. The van der Waals surface area contributed by atoms with Gasteiger partial charge in [0, 0.05) is 12.1 Å². The van der Waals surface area contributed by atoms with Crippen molar-refractivity contribution in [3.05, 3.63) is 29.3 Å². The van der Waals surface area contributed by atoms with E-state index in [-0.39, 0.29) is 12.4 Å². The zero-order valence-electron chi connectivity index (χ0n) is 9.03. The minimum Gasteiger partial charge on any atom is -0.493 e. The Kier molecular flexibility index (Phi) is 4.43. The van der Waals surface area contributed by atoms with Gasteiger partial charge in [-0.2, -0.15) is 0 Å². The number of nitrogens with two attached hydrogens (primary N) is 1. The molecular formula is C12H18ClNO. The average Bonchev–Trinajstić information content (AvgIpc) is 3.02. The zero-order chi connectivity index (χ0) is 9.97. The standard InChI is InChI=1S/C12H17NO.ClH/c1-2-14-12-10(8-13)4-3-5-11(12)9-6-7-9;/h3-5,9H,2,6-8,13H2,1H3;1H. The fourth-order valence-electron chi connectivity index (χ4n) is 1.80. The summed E-state index contributed by atoms with van der Waals surface area (Å²) in [5.74, 6) is 1.77. The van der Waals surface area contributed by atoms with Crippen LogP contribution in [0.2, 0.25) is 0 Å². The highest BCUT2D eigenvalue weighted by Gasteiger charge is 2.27. The van der Waals surface area contributed by atoms with E-state index in [1.54, 1.807) is 0 Å². The molecule has 0 bridgehead atoms. The Balaban J connectivity index is 0.00000112. The Hall–Kier alpha value is -0.730. The Morgan fingerprint density at radius 2 is 2.13 bits per heavy atom. The summed E-state index contributed by atoms with van der Waals surface area (Å²) >= 11 is 0. The summed E-state index contributed by atoms with van der Waals surface area (Å²) < 4.78 is 5.68. The molecule has 2 N–H and O–H groups in total. The van der Waals surface area contributed by atoms with Crippen LogP contribution in [-0.4, -0.2) is 6.61 Å². The van der Waals surface area contributed by atoms with Gasteiger partial charge in [0.25, 0.3) is 0 Å². The van der Waals surface area contributed by atoms with E-state index < -0.39 is 0 Å². The summed E-state index contributed by atoms with van der Waals surface area (Å²) in [6.07, 6.45) is 2.60. The fraction of sp³-hybridized carbons (Fsp3) is 0.500. The van der Waals surface area contributed by atoms with Crippen LogP contribution in [0.1, 0.15) is 36.8 Å². The third-order valence-corrected chi connectivity index (χ3v) is 2.65. The fourth-order valence-corrected chi connectivity index (χ4v) is 1.80. The monoisotopic (exact) mass is 227 g/mol. The van der Waals surface area contributed by atoms with E-state index in [1.165, 1.54) is 18.4 Å². The van der Waals surface area contributed by atoms with Crippen molar-refractivity contribution < 1.29 is 4.74 Å². The first-order chi connectivity index (χ1) is 6.86. The number of benzene rings is 1. The maximum absolute atomic E-state index is 5.69. The first-order valence-electron chi connectivity index (χ1n) is 5.31. The van der Waals surface area contributed by atoms with Crippen LogP contribution in [-0.2, 0) is 6.54 Å². The van der Waals surface area contributed by atoms with E-state index >= 15 is 0 Å². The second-order valence-electron chi connectivity index (χ2n) is 3.75. The molecule has 0 atom stereocenters. The molecule has 0 heterocycles. The number of hydrogen-bond acceptors (Lipinski definition) is 2. The molecule has 0 spiro atoms. The van der Waals surface area contributed by atoms with E-state index in [0.29, 0.717) is 6.54 Å². The quantitative estimate of drug-likeness (QED) is 0.859. The lowest BCUT2D eigenvalue weighted by atomic mass is 10.0. The second kappa shape index (κ2) is 5.38. The minimum absolute atomic E-state index is 0. The lowest BCUT2D eigenvalue weighted by Gasteiger charge is -2.13. The molecule has 0 saturated heterocycles. The van der Waals surface area contributed by atoms with Crippen molar-refractivity contribution in [1.82, 2.24) is 0 Å². The van der Waals surface area contributed by atoms with Crippen molar-refractivity contribution in [2.24, 2.45) is 5.73 Å². The Bertz CT molecular complexity index is 323. The largest absolute Gasteiger partial charge is 0.493 e. The number of rotatable bonds is 4. The molecule has 0 amide bonds. The molecule has 1 aromatic rings. The zero-order valence-corrected chi connectivity index (χ0v) is 9.85. The van der Waals surface area contributed by atoms with Crippen LogP contribution in [0.25, 0.3) is 0 Å². The maximum Gasteiger partial charge on any atom is 0.127 e. The van der Waals surface area contributed by atoms with Crippen molar-refractivity contribution in [1.29, 1.82) is 0 Å². The summed E-state index contributed by atoms with van der Waals surface area (Å²) in [6.45, 7) is 3.30. The van der Waals surface area contributed by atoms with Crippen molar-refractivity contribution in [3.63, 3.8) is 0 Å². The van der Waals surface area contributed by atoms with Gasteiger partial charge in [-0.3, -0.25) is 0 Å². The highest BCUT2D eigenvalue weighted by atomic mass is 35.5. The van der Waals surface area contributed by atoms with Crippen molar-refractivity contribution in [3.8, 4) is 5.75 Å². The summed E-state index contributed by atoms with van der Waals surface area (Å²) in [6, 6.07) is 6.30. The molecule has 1 aliphatic carbocycles. The lowest BCUT2D eigenvalue weighted by molar-refractivity contribution is 0.333. The highest BCUT2D eigenvalue weighted by molar-refractivity contribution is 5.85. The molecule has 1 aromatic carbocycles. The average molecular weight is 228 g/mol. The van der Waals surface area contributed by atoms with Gasteiger partial charge in [-0.1, -0.05) is 18.2 Å². The summed E-state index contributed by atoms with van der Waals surface area (Å²) in [5, 5.41) is 0. The molecule has 1 aliphatic rings. The lowest BCUT2D eigenvalue weighted by Crippen LogP contribution is -2.04. The predicted molar refractivity (Wildman–Crippen MR) is 64.7 cm³/mol. The van der Waals surface area contributed by atoms with Crippen molar-refractivity contribution >= 4 is 12.4 Å². The second-order valence-corrected chi connectivity index (χ2v) is 3.75. The van der Waals surface area contributed by atoms with Crippen LogP contribution in [0.3, 0.4) is 0 Å². The van der Waals surface area contributed by atoms with Crippen molar-refractivity contribution in [2.45, 2.75) is 32.2 Å². The number of hydrogen-bond donors (Lipinski definition) is 1. The first kappa shape index (κ1) is 12.3. The molecule has 0 aromatic heterocycles. The van der Waals surface area contributed by atoms with Gasteiger partial charge in [0.05, 0.1) is 6.61 Å². The van der Waals surface area contributed by atoms with Gasteiger partial charge in [0.15, 0.2) is 0 Å². The summed E-state index contributed by atoms with van der Waals surface area (Å²) in [4.78, 5) is 0. The van der Waals surface area contributed by atoms with Gasteiger partial charge < -0.3 is 10.5 Å². The Morgan fingerprint density at radius 3 is 2.67 bits per heavy atom. The van der Waals surface area contributed by atoms with Crippen LogP contribution < -0.4 is 10.5 Å². The minimum atomic E-state index is 0. The number of halogens is 1. The van der Waals surface area contributed by atoms with E-state index in [2.05, 4.69) is 18.2 Å². The van der Waals surface area contributed by atoms with E-state index in [1.807, 2.05) is 6.92 Å². The van der Waals surface area contributed by atoms with Gasteiger partial charge in [-0.05, 0) is 31.2 Å². The van der Waals surface area contributed by atoms with Crippen LogP contribution in [0.5, 0.6) is 5.75 Å². The smallest absolute Gasteiger partial charge is 0.127 e. The number of ether oxygens (including phenoxy) is 1. The van der Waals surface area contributed by atoms with Crippen LogP contribution in [0, 0.1) is 0 Å². The Labute approximate surface area is 97.2 Å². The molecule has 1 fully saturated rings. The molecule has 0 unspecified atom stereocenters. The highest BCUT2D eigenvalue weighted by Crippen LogP contribution is 2.45.